The van der Waals surface area contributed by atoms with E-state index in [0.717, 1.165) is 19.5 Å². The van der Waals surface area contributed by atoms with Gasteiger partial charge >= 0.3 is 0 Å². The normalized spacial score (nSPS) is 42.2. The molecule has 13 heavy (non-hydrogen) atoms. The second-order valence-electron chi connectivity index (χ2n) is 4.55. The Bertz CT molecular complexity index is 160. The van der Waals surface area contributed by atoms with Gasteiger partial charge in [0.15, 0.2) is 0 Å². The number of piperidine rings is 1. The fraction of sp³-hybridized carbons (Fsp3) is 1.00. The Morgan fingerprint density at radius 1 is 1.38 bits per heavy atom. The first-order valence-electron chi connectivity index (χ1n) is 5.11. The van der Waals surface area contributed by atoms with E-state index in [-0.39, 0.29) is 0 Å². The van der Waals surface area contributed by atoms with Crippen molar-refractivity contribution in [3.63, 3.8) is 0 Å². The lowest BCUT2D eigenvalue weighted by molar-refractivity contribution is -0.104. The molecule has 0 aromatic rings. The van der Waals surface area contributed by atoms with Crippen LogP contribution >= 0.6 is 0 Å². The summed E-state index contributed by atoms with van der Waals surface area (Å²) in [5, 5.41) is 10.4. The van der Waals surface area contributed by atoms with Gasteiger partial charge in [0.1, 0.15) is 0 Å². The smallest absolute Gasteiger partial charge is 0.0734 e. The molecule has 3 N–H and O–H groups in total. The molecule has 3 nitrogen and oxygen atoms in total. The van der Waals surface area contributed by atoms with E-state index in [0.29, 0.717) is 18.4 Å². The van der Waals surface area contributed by atoms with E-state index < -0.39 is 5.60 Å². The second kappa shape index (κ2) is 3.95. The summed E-state index contributed by atoms with van der Waals surface area (Å²) in [5.74, 6) is 0.648. The highest BCUT2D eigenvalue weighted by atomic mass is 16.3. The van der Waals surface area contributed by atoms with Crippen molar-refractivity contribution in [1.29, 1.82) is 0 Å². The molecule has 1 aliphatic heterocycles. The zero-order valence-electron chi connectivity index (χ0n) is 8.95. The lowest BCUT2D eigenvalue weighted by Crippen LogP contribution is -2.56. The Kier molecular flexibility index (Phi) is 3.33. The summed E-state index contributed by atoms with van der Waals surface area (Å²) in [6, 6.07) is 0. The number of rotatable bonds is 2. The van der Waals surface area contributed by atoms with Crippen LogP contribution in [0.3, 0.4) is 0 Å². The third kappa shape index (κ3) is 2.03. The fourth-order valence-electron chi connectivity index (χ4n) is 2.54. The maximum absolute atomic E-state index is 10.4. The van der Waals surface area contributed by atoms with Crippen molar-refractivity contribution in [3.05, 3.63) is 0 Å². The summed E-state index contributed by atoms with van der Waals surface area (Å²) < 4.78 is 0. The van der Waals surface area contributed by atoms with Crippen LogP contribution in [0, 0.1) is 11.8 Å². The quantitative estimate of drug-likeness (QED) is 0.651. The van der Waals surface area contributed by atoms with Crippen LogP contribution in [0.1, 0.15) is 20.3 Å². The van der Waals surface area contributed by atoms with Gasteiger partial charge in [-0.1, -0.05) is 13.8 Å². The lowest BCUT2D eigenvalue weighted by atomic mass is 9.73. The molecule has 3 heteroatoms. The maximum atomic E-state index is 10.4. The fourth-order valence-corrected chi connectivity index (χ4v) is 2.54. The average Bonchev–Trinajstić information content (AvgIpc) is 2.01. The van der Waals surface area contributed by atoms with Crippen LogP contribution < -0.4 is 5.73 Å². The molecule has 0 aliphatic carbocycles. The van der Waals surface area contributed by atoms with Gasteiger partial charge in [-0.3, -0.25) is 0 Å². The maximum Gasteiger partial charge on any atom is 0.0734 e. The van der Waals surface area contributed by atoms with Gasteiger partial charge in [-0.15, -0.1) is 0 Å². The minimum atomic E-state index is -0.540. The monoisotopic (exact) mass is 186 g/mol. The molecule has 0 aromatic heterocycles. The molecular formula is C10H22N2O. The highest BCUT2D eigenvalue weighted by molar-refractivity contribution is 4.95. The van der Waals surface area contributed by atoms with Crippen molar-refractivity contribution in [2.24, 2.45) is 17.6 Å². The van der Waals surface area contributed by atoms with Gasteiger partial charge < -0.3 is 15.7 Å². The molecule has 0 radical (unpaired) electrons. The summed E-state index contributed by atoms with van der Waals surface area (Å²) in [6.45, 7) is 6.75. The molecule has 1 fully saturated rings. The van der Waals surface area contributed by atoms with E-state index in [1.54, 1.807) is 0 Å². The summed E-state index contributed by atoms with van der Waals surface area (Å²) in [6.07, 6.45) is 0.725. The topological polar surface area (TPSA) is 49.5 Å². The standard InChI is InChI=1S/C10H22N2O/c1-8-6-12(3)7-9(2)10(8,13)4-5-11/h8-9,13H,4-7,11H2,1-3H3. The van der Waals surface area contributed by atoms with E-state index in [1.807, 2.05) is 0 Å². The Balaban J connectivity index is 2.70. The predicted molar refractivity (Wildman–Crippen MR) is 54.4 cm³/mol. The Morgan fingerprint density at radius 3 is 2.23 bits per heavy atom. The molecule has 1 heterocycles. The molecule has 0 saturated carbocycles. The van der Waals surface area contributed by atoms with Crippen LogP contribution in [0.5, 0.6) is 0 Å². The number of aliphatic hydroxyl groups is 1. The van der Waals surface area contributed by atoms with Crippen LogP contribution in [-0.2, 0) is 0 Å². The van der Waals surface area contributed by atoms with Gasteiger partial charge in [0.25, 0.3) is 0 Å². The minimum Gasteiger partial charge on any atom is -0.389 e. The van der Waals surface area contributed by atoms with Crippen molar-refractivity contribution in [1.82, 2.24) is 4.90 Å². The van der Waals surface area contributed by atoms with Crippen molar-refractivity contribution >= 4 is 0 Å². The van der Waals surface area contributed by atoms with Gasteiger partial charge in [0, 0.05) is 13.1 Å². The number of nitrogens with zero attached hydrogens (tertiary/aromatic N) is 1. The molecule has 0 aromatic carbocycles. The number of likely N-dealkylation sites (tertiary alicyclic amines) is 1. The molecule has 2 atom stereocenters. The number of nitrogens with two attached hydrogens (primary N) is 1. The van der Waals surface area contributed by atoms with Gasteiger partial charge in [0.05, 0.1) is 5.60 Å². The van der Waals surface area contributed by atoms with Crippen LogP contribution in [0.2, 0.25) is 0 Å². The van der Waals surface area contributed by atoms with Crippen molar-refractivity contribution < 1.29 is 5.11 Å². The van der Waals surface area contributed by atoms with Crippen LogP contribution in [0.4, 0.5) is 0 Å². The van der Waals surface area contributed by atoms with E-state index in [2.05, 4.69) is 25.8 Å². The molecule has 0 bridgehead atoms. The largest absolute Gasteiger partial charge is 0.389 e. The summed E-state index contributed by atoms with van der Waals surface area (Å²) in [4.78, 5) is 2.28. The van der Waals surface area contributed by atoms with E-state index in [9.17, 15) is 5.11 Å². The highest BCUT2D eigenvalue weighted by Gasteiger charge is 2.42. The zero-order chi connectivity index (χ0) is 10.1. The van der Waals surface area contributed by atoms with Gasteiger partial charge in [-0.05, 0) is 31.8 Å². The minimum absolute atomic E-state index is 0.324. The molecule has 0 spiro atoms. The summed E-state index contributed by atoms with van der Waals surface area (Å²) >= 11 is 0. The average molecular weight is 186 g/mol. The van der Waals surface area contributed by atoms with Crippen molar-refractivity contribution in [2.45, 2.75) is 25.9 Å². The second-order valence-corrected chi connectivity index (χ2v) is 4.55. The Labute approximate surface area is 80.9 Å². The van der Waals surface area contributed by atoms with E-state index in [4.69, 9.17) is 5.73 Å². The molecule has 78 valence electrons. The van der Waals surface area contributed by atoms with Gasteiger partial charge in [-0.25, -0.2) is 0 Å². The third-order valence-corrected chi connectivity index (χ3v) is 3.42. The predicted octanol–water partition coefficient (Wildman–Crippen LogP) is 0.284. The molecule has 0 amide bonds. The number of hydrogen-bond donors (Lipinski definition) is 2. The summed E-state index contributed by atoms with van der Waals surface area (Å²) in [7, 11) is 2.11. The van der Waals surface area contributed by atoms with Gasteiger partial charge in [-0.2, -0.15) is 0 Å². The zero-order valence-corrected chi connectivity index (χ0v) is 8.95. The molecular weight excluding hydrogens is 164 g/mol. The van der Waals surface area contributed by atoms with Gasteiger partial charge in [0.2, 0.25) is 0 Å². The Morgan fingerprint density at radius 2 is 1.85 bits per heavy atom. The van der Waals surface area contributed by atoms with Crippen molar-refractivity contribution in [3.8, 4) is 0 Å². The highest BCUT2D eigenvalue weighted by Crippen LogP contribution is 2.34. The Hall–Kier alpha value is -0.120. The summed E-state index contributed by atoms with van der Waals surface area (Å²) in [5.41, 5.74) is 4.99. The van der Waals surface area contributed by atoms with Crippen molar-refractivity contribution in [2.75, 3.05) is 26.7 Å². The molecule has 1 rings (SSSR count). The SMILES string of the molecule is CC1CN(C)CC(C)C1(O)CCN. The van der Waals surface area contributed by atoms with Crippen LogP contribution in [0.15, 0.2) is 0 Å². The molecule has 1 saturated heterocycles. The first kappa shape index (κ1) is 11.0. The lowest BCUT2D eigenvalue weighted by Gasteiger charge is -2.46. The van der Waals surface area contributed by atoms with E-state index in [1.165, 1.54) is 0 Å². The van der Waals surface area contributed by atoms with Crippen LogP contribution in [-0.4, -0.2) is 42.3 Å². The van der Waals surface area contributed by atoms with E-state index >= 15 is 0 Å². The first-order chi connectivity index (χ1) is 6.00. The third-order valence-electron chi connectivity index (χ3n) is 3.42. The first-order valence-corrected chi connectivity index (χ1v) is 5.11. The molecule has 2 unspecified atom stereocenters. The number of hydrogen-bond acceptors (Lipinski definition) is 3. The van der Waals surface area contributed by atoms with Crippen LogP contribution in [0.25, 0.3) is 0 Å². The molecule has 1 aliphatic rings.